The van der Waals surface area contributed by atoms with Crippen LogP contribution in [0.15, 0.2) is 35.9 Å². The molecule has 7 nitrogen and oxygen atoms in total. The first-order valence-electron chi connectivity index (χ1n) is 19.9. The van der Waals surface area contributed by atoms with Crippen molar-refractivity contribution in [1.29, 1.82) is 0 Å². The van der Waals surface area contributed by atoms with E-state index in [4.69, 9.17) is 14.2 Å². The molecule has 0 bridgehead atoms. The number of allylic oxidation sites excluding steroid dienone is 1. The topological polar surface area (TPSA) is 102 Å². The molecule has 0 spiro atoms. The number of methoxy groups -OCH3 is 1. The second-order valence-electron chi connectivity index (χ2n) is 19.6. The molecule has 0 aromatic heterocycles. The zero-order chi connectivity index (χ0) is 37.6. The third-order valence-electron chi connectivity index (χ3n) is 17.6. The van der Waals surface area contributed by atoms with E-state index in [0.717, 1.165) is 61.8 Å². The normalized spacial score (nSPS) is 46.9. The van der Waals surface area contributed by atoms with Crippen molar-refractivity contribution in [3.63, 3.8) is 0 Å². The maximum Gasteiger partial charge on any atom is 0.331 e. The number of aliphatic carboxylic acids is 1. The van der Waals surface area contributed by atoms with Crippen LogP contribution in [0.4, 0.5) is 0 Å². The number of fused-ring (bicyclic) bond motifs is 8. The highest BCUT2D eigenvalue weighted by atomic mass is 16.6. The van der Waals surface area contributed by atoms with E-state index in [9.17, 15) is 19.8 Å². The average molecular weight is 713 g/mol. The van der Waals surface area contributed by atoms with E-state index in [0.29, 0.717) is 30.9 Å². The number of aliphatic hydroxyl groups is 1. The molecule has 0 radical (unpaired) electrons. The Morgan fingerprint density at radius 1 is 0.962 bits per heavy atom. The Morgan fingerprint density at radius 3 is 2.35 bits per heavy atom. The minimum Gasteiger partial charge on any atom is -0.478 e. The van der Waals surface area contributed by atoms with Crippen LogP contribution in [0.5, 0.6) is 11.5 Å². The van der Waals surface area contributed by atoms with Gasteiger partial charge in [0, 0.05) is 34.8 Å². The van der Waals surface area contributed by atoms with E-state index in [1.165, 1.54) is 18.2 Å². The van der Waals surface area contributed by atoms with Crippen molar-refractivity contribution in [1.82, 2.24) is 0 Å². The van der Waals surface area contributed by atoms with Crippen LogP contribution in [0.25, 0.3) is 6.08 Å². The van der Waals surface area contributed by atoms with Gasteiger partial charge in [0.05, 0.1) is 12.5 Å². The molecule has 0 saturated heterocycles. The van der Waals surface area contributed by atoms with Crippen LogP contribution in [0, 0.1) is 52.3 Å². The summed E-state index contributed by atoms with van der Waals surface area (Å²) in [4.78, 5) is 25.4. The summed E-state index contributed by atoms with van der Waals surface area (Å²) in [6, 6.07) is 2.22. The quantitative estimate of drug-likeness (QED) is 0.183. The third kappa shape index (κ3) is 4.13. The standard InChI is InChI=1S/C45H60O7/c1-25-11-12-30(28(4)37(47)48)36(46)45-26(2)15-16-44(25,45)52-35-27(3)29-13-14-33-41(7,31(29)23-32(35)51-45)20-22-43(9)34-24-40(6,38(49)50-10)18-17-39(34,5)19-21-42(33,43)8/h13-15,23,25,30,33-34,36,46H,4,11-12,16-22,24H2,1-3,5-10H3,(H,47,48)/t25?,30?,33?,34?,36?,39-,40-,41+,42-,43+,44-,45+/m1/s1. The molecule has 0 amide bonds. The zero-order valence-electron chi connectivity index (χ0n) is 32.9. The van der Waals surface area contributed by atoms with Gasteiger partial charge in [-0.3, -0.25) is 4.79 Å². The lowest BCUT2D eigenvalue weighted by molar-refractivity contribution is -0.205. The third-order valence-corrected chi connectivity index (χ3v) is 17.6. The number of hydrogen-bond donors (Lipinski definition) is 2. The van der Waals surface area contributed by atoms with Gasteiger partial charge in [-0.15, -0.1) is 0 Å². The number of carboxylic acids is 1. The van der Waals surface area contributed by atoms with E-state index in [2.05, 4.69) is 79.3 Å². The fourth-order valence-corrected chi connectivity index (χ4v) is 13.9. The monoisotopic (exact) mass is 712 g/mol. The molecule has 1 aromatic rings. The summed E-state index contributed by atoms with van der Waals surface area (Å²) >= 11 is 0. The fourth-order valence-electron chi connectivity index (χ4n) is 13.9. The lowest BCUT2D eigenvalue weighted by Crippen LogP contribution is -2.70. The van der Waals surface area contributed by atoms with Crippen molar-refractivity contribution in [2.24, 2.45) is 45.3 Å². The smallest absolute Gasteiger partial charge is 0.331 e. The van der Waals surface area contributed by atoms with E-state index < -0.39 is 34.6 Å². The van der Waals surface area contributed by atoms with Crippen molar-refractivity contribution >= 4 is 18.0 Å². The Morgan fingerprint density at radius 2 is 1.65 bits per heavy atom. The van der Waals surface area contributed by atoms with Crippen LogP contribution in [0.2, 0.25) is 0 Å². The lowest BCUT2D eigenvalue weighted by Gasteiger charge is -2.71. The molecular weight excluding hydrogens is 652 g/mol. The van der Waals surface area contributed by atoms with Gasteiger partial charge in [-0.2, -0.15) is 0 Å². The number of carboxylic acid groups (broad SMARTS) is 1. The molecule has 2 N–H and O–H groups in total. The Hall–Kier alpha value is -3.06. The molecule has 1 heterocycles. The zero-order valence-corrected chi connectivity index (χ0v) is 32.9. The van der Waals surface area contributed by atoms with Crippen molar-refractivity contribution in [2.45, 2.75) is 142 Å². The first-order chi connectivity index (χ1) is 24.3. The molecule has 7 aliphatic rings. The van der Waals surface area contributed by atoms with Crippen LogP contribution in [0.1, 0.15) is 129 Å². The maximum absolute atomic E-state index is 13.2. The fraction of sp³-hybridized carbons (Fsp3) is 0.689. The van der Waals surface area contributed by atoms with Crippen LogP contribution in [-0.4, -0.2) is 46.6 Å². The first kappa shape index (κ1) is 35.9. The largest absolute Gasteiger partial charge is 0.478 e. The van der Waals surface area contributed by atoms with Gasteiger partial charge in [-0.1, -0.05) is 59.4 Å². The number of rotatable bonds is 3. The minimum atomic E-state index is -1.23. The highest BCUT2D eigenvalue weighted by Crippen LogP contribution is 2.75. The van der Waals surface area contributed by atoms with Gasteiger partial charge in [0.2, 0.25) is 0 Å². The van der Waals surface area contributed by atoms with Crippen molar-refractivity contribution in [3.8, 4) is 11.5 Å². The van der Waals surface area contributed by atoms with Crippen LogP contribution in [0.3, 0.4) is 0 Å². The second kappa shape index (κ2) is 11.0. The van der Waals surface area contributed by atoms with Gasteiger partial charge in [-0.25, -0.2) is 4.79 Å². The van der Waals surface area contributed by atoms with Gasteiger partial charge < -0.3 is 24.4 Å². The average Bonchev–Trinajstić information content (AvgIpc) is 3.37. The highest BCUT2D eigenvalue weighted by molar-refractivity contribution is 5.86. The number of carbonyl (C=O) groups excluding carboxylic acids is 1. The molecule has 8 rings (SSSR count). The molecule has 1 aliphatic heterocycles. The summed E-state index contributed by atoms with van der Waals surface area (Å²) in [5, 5.41) is 22.4. The summed E-state index contributed by atoms with van der Waals surface area (Å²) in [6.07, 6.45) is 14.8. The summed E-state index contributed by atoms with van der Waals surface area (Å²) in [7, 11) is 1.53. The first-order valence-corrected chi connectivity index (χ1v) is 19.9. The SMILES string of the molecule is C=C(C(=O)O)C1CCC(C)[C@]23CC=C(C)[C@]2(Oc2cc4c(c(C)c2O3)C=CC2[C@@]4(C)CC[C@@]3(C)C4C[C@](C)(C(=O)OC)CC[C@]4(C)CC[C@]23C)C1O. The Labute approximate surface area is 310 Å². The summed E-state index contributed by atoms with van der Waals surface area (Å²) in [5.41, 5.74) is 1.96. The molecule has 7 heteroatoms. The van der Waals surface area contributed by atoms with E-state index in [1.54, 1.807) is 0 Å². The molecule has 6 aliphatic carbocycles. The van der Waals surface area contributed by atoms with E-state index in [1.807, 2.05) is 6.92 Å². The summed E-state index contributed by atoms with van der Waals surface area (Å²) in [6.45, 7) is 22.4. The van der Waals surface area contributed by atoms with Crippen LogP contribution >= 0.6 is 0 Å². The molecule has 12 atom stereocenters. The molecule has 4 fully saturated rings. The number of esters is 1. The summed E-state index contributed by atoms with van der Waals surface area (Å²) in [5.74, 6) is 0.252. The number of hydrogen-bond acceptors (Lipinski definition) is 6. The number of carbonyl (C=O) groups is 2. The van der Waals surface area contributed by atoms with Gasteiger partial charge >= 0.3 is 11.9 Å². The Balaban J connectivity index is 1.22. The second-order valence-corrected chi connectivity index (χ2v) is 19.6. The lowest BCUT2D eigenvalue weighted by atomic mass is 9.33. The van der Waals surface area contributed by atoms with Crippen LogP contribution < -0.4 is 9.47 Å². The van der Waals surface area contributed by atoms with Crippen molar-refractivity contribution < 1.29 is 34.0 Å². The minimum absolute atomic E-state index is 0.00254. The van der Waals surface area contributed by atoms with Gasteiger partial charge in [0.25, 0.3) is 0 Å². The van der Waals surface area contributed by atoms with E-state index >= 15 is 0 Å². The molecule has 282 valence electrons. The predicted octanol–water partition coefficient (Wildman–Crippen LogP) is 9.13. The number of benzene rings is 1. The van der Waals surface area contributed by atoms with E-state index in [-0.39, 0.29) is 45.0 Å². The van der Waals surface area contributed by atoms with Gasteiger partial charge in [-0.05, 0) is 129 Å². The van der Waals surface area contributed by atoms with Crippen molar-refractivity contribution in [2.75, 3.05) is 7.11 Å². The number of ether oxygens (including phenoxy) is 3. The van der Waals surface area contributed by atoms with Gasteiger partial charge in [0.15, 0.2) is 22.7 Å². The summed E-state index contributed by atoms with van der Waals surface area (Å²) < 4.78 is 20.0. The Bertz CT molecular complexity index is 1840. The number of aliphatic hydroxyl groups excluding tert-OH is 1. The maximum atomic E-state index is 13.2. The predicted molar refractivity (Wildman–Crippen MR) is 201 cm³/mol. The molecule has 52 heavy (non-hydrogen) atoms. The molecule has 5 unspecified atom stereocenters. The van der Waals surface area contributed by atoms with Crippen molar-refractivity contribution in [3.05, 3.63) is 52.6 Å². The van der Waals surface area contributed by atoms with Gasteiger partial charge in [0.1, 0.15) is 6.10 Å². The highest BCUT2D eigenvalue weighted by Gasteiger charge is 2.72. The molecular formula is C45H60O7. The molecule has 4 saturated carbocycles. The Kier molecular flexibility index (Phi) is 7.61. The molecule has 1 aromatic carbocycles. The van der Waals surface area contributed by atoms with Crippen LogP contribution in [-0.2, 0) is 19.7 Å².